The van der Waals surface area contributed by atoms with E-state index in [1.54, 1.807) is 25.2 Å². The molecule has 0 unspecified atom stereocenters. The zero-order valence-corrected chi connectivity index (χ0v) is 11.3. The molecule has 4 nitrogen and oxygen atoms in total. The molecule has 0 radical (unpaired) electrons. The maximum atomic E-state index is 10.1. The molecule has 0 atom stereocenters. The van der Waals surface area contributed by atoms with Crippen LogP contribution in [-0.4, -0.2) is 26.2 Å². The number of nitrogens with zero attached hydrogens (tertiary/aromatic N) is 2. The molecular weight excluding hydrogens is 234 g/mol. The summed E-state index contributed by atoms with van der Waals surface area (Å²) in [6.07, 6.45) is 1.54. The highest BCUT2D eigenvalue weighted by molar-refractivity contribution is 7.17. The topological polar surface area (TPSA) is 58.0 Å². The van der Waals surface area contributed by atoms with Gasteiger partial charge >= 0.3 is 0 Å². The van der Waals surface area contributed by atoms with E-state index >= 15 is 0 Å². The lowest BCUT2D eigenvalue weighted by Gasteiger charge is -2.38. The lowest BCUT2D eigenvalue weighted by atomic mass is 9.86. The van der Waals surface area contributed by atoms with E-state index in [1.807, 2.05) is 25.3 Å². The molecule has 0 aliphatic heterocycles. The van der Waals surface area contributed by atoms with E-state index in [0.717, 1.165) is 16.0 Å². The summed E-state index contributed by atoms with van der Waals surface area (Å²) in [7, 11) is 0. The number of hydrogen-bond donors (Lipinski definition) is 2. The minimum Gasteiger partial charge on any atom is -0.388 e. The van der Waals surface area contributed by atoms with Crippen molar-refractivity contribution < 1.29 is 5.11 Å². The average Bonchev–Trinajstić information content (AvgIpc) is 2.64. The molecule has 0 aliphatic carbocycles. The van der Waals surface area contributed by atoms with Gasteiger partial charge in [-0.2, -0.15) is 0 Å². The Morgan fingerprint density at radius 1 is 1.24 bits per heavy atom. The van der Waals surface area contributed by atoms with Crippen molar-refractivity contribution in [1.82, 2.24) is 9.97 Å². The standard InChI is InChI=1S/C12H17N3OS/c1-11(2,12(3,4)16)15-10-9-8(5-6-17-9)13-7-14-10/h5-7,16H,1-4H3,(H,13,14,15). The molecule has 2 rings (SSSR count). The molecule has 0 aromatic carbocycles. The maximum Gasteiger partial charge on any atom is 0.147 e. The summed E-state index contributed by atoms with van der Waals surface area (Å²) in [4.78, 5) is 8.45. The van der Waals surface area contributed by atoms with Gasteiger partial charge in [0, 0.05) is 0 Å². The summed E-state index contributed by atoms with van der Waals surface area (Å²) >= 11 is 1.60. The van der Waals surface area contributed by atoms with Gasteiger partial charge in [-0.25, -0.2) is 9.97 Å². The summed E-state index contributed by atoms with van der Waals surface area (Å²) < 4.78 is 1.02. The highest BCUT2D eigenvalue weighted by atomic mass is 32.1. The molecule has 17 heavy (non-hydrogen) atoms. The fraction of sp³-hybridized carbons (Fsp3) is 0.500. The minimum atomic E-state index is -0.846. The second kappa shape index (κ2) is 3.92. The van der Waals surface area contributed by atoms with Crippen molar-refractivity contribution in [3.8, 4) is 0 Å². The zero-order chi connectivity index (χ0) is 12.7. The van der Waals surface area contributed by atoms with Crippen LogP contribution in [0.15, 0.2) is 17.8 Å². The Morgan fingerprint density at radius 3 is 2.59 bits per heavy atom. The fourth-order valence-corrected chi connectivity index (χ4v) is 2.12. The number of thiophene rings is 1. The summed E-state index contributed by atoms with van der Waals surface area (Å²) in [5.41, 5.74) is -0.390. The van der Waals surface area contributed by atoms with Crippen LogP contribution in [0.3, 0.4) is 0 Å². The normalized spacial score (nSPS) is 13.0. The van der Waals surface area contributed by atoms with Gasteiger partial charge in [0.1, 0.15) is 12.1 Å². The van der Waals surface area contributed by atoms with Crippen molar-refractivity contribution in [2.24, 2.45) is 0 Å². The highest BCUT2D eigenvalue weighted by Crippen LogP contribution is 2.30. The molecule has 0 bridgehead atoms. The van der Waals surface area contributed by atoms with E-state index in [1.165, 1.54) is 6.33 Å². The molecule has 0 saturated carbocycles. The number of aromatic nitrogens is 2. The quantitative estimate of drug-likeness (QED) is 0.880. The third-order valence-corrected chi connectivity index (χ3v) is 4.11. The first kappa shape index (κ1) is 12.3. The SMILES string of the molecule is CC(C)(O)C(C)(C)Nc1ncnc2ccsc12. The fourth-order valence-electron chi connectivity index (χ4n) is 1.33. The number of hydrogen-bond acceptors (Lipinski definition) is 5. The molecule has 0 amide bonds. The van der Waals surface area contributed by atoms with Crippen molar-refractivity contribution in [2.75, 3.05) is 5.32 Å². The van der Waals surface area contributed by atoms with Gasteiger partial charge in [-0.1, -0.05) is 0 Å². The molecule has 2 aromatic heterocycles. The van der Waals surface area contributed by atoms with Gasteiger partial charge in [-0.15, -0.1) is 11.3 Å². The van der Waals surface area contributed by atoms with Gasteiger partial charge in [-0.05, 0) is 39.1 Å². The van der Waals surface area contributed by atoms with Crippen LogP contribution in [0.2, 0.25) is 0 Å². The Bertz CT molecular complexity index is 528. The first-order valence-corrected chi connectivity index (χ1v) is 6.38. The Hall–Kier alpha value is -1.20. The smallest absolute Gasteiger partial charge is 0.147 e. The number of anilines is 1. The Morgan fingerprint density at radius 2 is 1.94 bits per heavy atom. The predicted molar refractivity (Wildman–Crippen MR) is 71.4 cm³/mol. The largest absolute Gasteiger partial charge is 0.388 e. The van der Waals surface area contributed by atoms with Crippen molar-refractivity contribution in [3.63, 3.8) is 0 Å². The predicted octanol–water partition coefficient (Wildman–Crippen LogP) is 2.65. The van der Waals surface area contributed by atoms with Crippen LogP contribution in [0.4, 0.5) is 5.82 Å². The second-order valence-corrected chi connectivity index (χ2v) is 6.08. The molecule has 0 saturated heterocycles. The number of fused-ring (bicyclic) bond motifs is 1. The molecule has 0 spiro atoms. The van der Waals surface area contributed by atoms with Crippen LogP contribution in [0.25, 0.3) is 10.2 Å². The highest BCUT2D eigenvalue weighted by Gasteiger charge is 2.35. The number of nitrogens with one attached hydrogen (secondary N) is 1. The molecule has 2 heterocycles. The number of rotatable bonds is 3. The van der Waals surface area contributed by atoms with E-state index < -0.39 is 11.1 Å². The van der Waals surface area contributed by atoms with Crippen LogP contribution >= 0.6 is 11.3 Å². The van der Waals surface area contributed by atoms with Crippen molar-refractivity contribution >= 4 is 27.4 Å². The average molecular weight is 251 g/mol. The lowest BCUT2D eigenvalue weighted by molar-refractivity contribution is 0.0239. The van der Waals surface area contributed by atoms with Crippen LogP contribution in [-0.2, 0) is 0 Å². The second-order valence-electron chi connectivity index (χ2n) is 5.17. The van der Waals surface area contributed by atoms with Crippen LogP contribution in [0, 0.1) is 0 Å². The molecular formula is C12H17N3OS. The maximum absolute atomic E-state index is 10.1. The number of aliphatic hydroxyl groups is 1. The lowest BCUT2D eigenvalue weighted by Crippen LogP contribution is -2.51. The first-order chi connectivity index (χ1) is 7.81. The van der Waals surface area contributed by atoms with Crippen LogP contribution < -0.4 is 5.32 Å². The molecule has 2 aromatic rings. The van der Waals surface area contributed by atoms with Crippen molar-refractivity contribution in [1.29, 1.82) is 0 Å². The third kappa shape index (κ3) is 2.25. The van der Waals surface area contributed by atoms with E-state index in [-0.39, 0.29) is 0 Å². The van der Waals surface area contributed by atoms with Crippen LogP contribution in [0.5, 0.6) is 0 Å². The van der Waals surface area contributed by atoms with Crippen molar-refractivity contribution in [2.45, 2.75) is 38.8 Å². The van der Waals surface area contributed by atoms with Crippen molar-refractivity contribution in [3.05, 3.63) is 17.8 Å². The monoisotopic (exact) mass is 251 g/mol. The van der Waals surface area contributed by atoms with E-state index in [2.05, 4.69) is 15.3 Å². The van der Waals surface area contributed by atoms with Gasteiger partial charge in [-0.3, -0.25) is 0 Å². The Kier molecular flexibility index (Phi) is 2.83. The zero-order valence-electron chi connectivity index (χ0n) is 10.5. The van der Waals surface area contributed by atoms with E-state index in [9.17, 15) is 5.11 Å². The van der Waals surface area contributed by atoms with Gasteiger partial charge in [0.15, 0.2) is 0 Å². The summed E-state index contributed by atoms with van der Waals surface area (Å²) in [5.74, 6) is 0.775. The van der Waals surface area contributed by atoms with E-state index in [0.29, 0.717) is 0 Å². The van der Waals surface area contributed by atoms with E-state index in [4.69, 9.17) is 0 Å². The molecule has 0 aliphatic rings. The third-order valence-electron chi connectivity index (χ3n) is 3.20. The first-order valence-electron chi connectivity index (χ1n) is 5.50. The summed E-state index contributed by atoms with van der Waals surface area (Å²) in [5, 5.41) is 15.4. The van der Waals surface area contributed by atoms with Gasteiger partial charge in [0.2, 0.25) is 0 Å². The molecule has 5 heteroatoms. The Labute approximate surface area is 105 Å². The summed E-state index contributed by atoms with van der Waals surface area (Å²) in [6.45, 7) is 7.47. The summed E-state index contributed by atoms with van der Waals surface area (Å²) in [6, 6.07) is 1.96. The van der Waals surface area contributed by atoms with Gasteiger partial charge in [0.05, 0.1) is 21.4 Å². The van der Waals surface area contributed by atoms with Gasteiger partial charge in [0.25, 0.3) is 0 Å². The molecule has 92 valence electrons. The van der Waals surface area contributed by atoms with Gasteiger partial charge < -0.3 is 10.4 Å². The molecule has 0 fully saturated rings. The Balaban J connectivity index is 2.39. The molecule has 2 N–H and O–H groups in total. The van der Waals surface area contributed by atoms with Crippen LogP contribution in [0.1, 0.15) is 27.7 Å². The minimum absolute atomic E-state index is 0.474.